The van der Waals surface area contributed by atoms with Gasteiger partial charge in [-0.25, -0.2) is 4.79 Å². The van der Waals surface area contributed by atoms with Gasteiger partial charge in [-0.05, 0) is 18.9 Å². The number of unbranched alkanes of at least 4 members (excludes halogenated alkanes) is 11. The van der Waals surface area contributed by atoms with Crippen LogP contribution in [-0.4, -0.2) is 26.4 Å². The number of aliphatic hydroxyl groups is 3. The summed E-state index contributed by atoms with van der Waals surface area (Å²) in [6, 6.07) is 0. The summed E-state index contributed by atoms with van der Waals surface area (Å²) in [6.45, 7) is 2.24. The molecule has 0 fully saturated rings. The van der Waals surface area contributed by atoms with Gasteiger partial charge < -0.3 is 20.4 Å². The van der Waals surface area contributed by atoms with Crippen molar-refractivity contribution in [2.75, 3.05) is 0 Å². The van der Waals surface area contributed by atoms with Crippen molar-refractivity contribution in [2.45, 2.75) is 84.0 Å². The van der Waals surface area contributed by atoms with Gasteiger partial charge in [-0.15, -0.1) is 0 Å². The molecule has 0 unspecified atom stereocenters. The lowest BCUT2D eigenvalue weighted by Gasteiger charge is -2.01. The van der Waals surface area contributed by atoms with E-state index in [1.165, 1.54) is 70.3 Å². The van der Waals surface area contributed by atoms with Gasteiger partial charge in [0.05, 0.1) is 0 Å². The number of carbonyl (C=O) groups is 1. The van der Waals surface area contributed by atoms with Gasteiger partial charge >= 0.3 is 5.97 Å². The van der Waals surface area contributed by atoms with Crippen molar-refractivity contribution in [3.63, 3.8) is 0 Å². The number of hydrogen-bond donors (Lipinski definition) is 4. The van der Waals surface area contributed by atoms with E-state index in [0.717, 1.165) is 18.9 Å². The summed E-state index contributed by atoms with van der Waals surface area (Å²) in [7, 11) is 0. The largest absolute Gasteiger partial charge is 0.504 e. The van der Waals surface area contributed by atoms with E-state index in [1.807, 2.05) is 6.08 Å². The molecule has 5 heteroatoms. The summed E-state index contributed by atoms with van der Waals surface area (Å²) in [5, 5.41) is 36.1. The highest BCUT2D eigenvalue weighted by molar-refractivity contribution is 5.84. The van der Waals surface area contributed by atoms with Crippen molar-refractivity contribution in [2.24, 2.45) is 0 Å². The molecule has 25 heavy (non-hydrogen) atoms. The van der Waals surface area contributed by atoms with E-state index >= 15 is 0 Å². The van der Waals surface area contributed by atoms with Crippen LogP contribution in [0.1, 0.15) is 84.0 Å². The molecule has 0 aliphatic carbocycles. The molecule has 0 saturated heterocycles. The first kappa shape index (κ1) is 23.1. The van der Waals surface area contributed by atoms with E-state index in [0.29, 0.717) is 0 Å². The van der Waals surface area contributed by atoms with Crippen LogP contribution < -0.4 is 0 Å². The van der Waals surface area contributed by atoms with E-state index in [9.17, 15) is 15.0 Å². The van der Waals surface area contributed by atoms with Crippen LogP contribution >= 0.6 is 0 Å². The molecule has 0 aromatic rings. The number of carboxylic acid groups (broad SMARTS) is 1. The first-order valence-corrected chi connectivity index (χ1v) is 9.42. The molecule has 144 valence electrons. The summed E-state index contributed by atoms with van der Waals surface area (Å²) < 4.78 is 0. The maximum atomic E-state index is 10.4. The average Bonchev–Trinajstić information content (AvgIpc) is 2.60. The van der Waals surface area contributed by atoms with Crippen LogP contribution in [0.2, 0.25) is 0 Å². The smallest absolute Gasteiger partial charge is 0.375 e. The minimum absolute atomic E-state index is 0.671. The summed E-state index contributed by atoms with van der Waals surface area (Å²) >= 11 is 0. The third kappa shape index (κ3) is 13.1. The Hall–Kier alpha value is -1.91. The minimum atomic E-state index is -1.69. The van der Waals surface area contributed by atoms with Gasteiger partial charge in [0.25, 0.3) is 0 Å². The van der Waals surface area contributed by atoms with E-state index in [1.54, 1.807) is 0 Å². The third-order valence-corrected chi connectivity index (χ3v) is 4.03. The van der Waals surface area contributed by atoms with Gasteiger partial charge in [0, 0.05) is 0 Å². The fraction of sp³-hybridized carbons (Fsp3) is 0.650. The molecule has 0 aliphatic rings. The molecular formula is C20H34O5. The van der Waals surface area contributed by atoms with Crippen LogP contribution in [-0.2, 0) is 4.79 Å². The van der Waals surface area contributed by atoms with Crippen molar-refractivity contribution < 1.29 is 25.2 Å². The normalized spacial score (nSPS) is 13.2. The first-order valence-electron chi connectivity index (χ1n) is 9.42. The highest BCUT2D eigenvalue weighted by Crippen LogP contribution is 2.12. The summed E-state index contributed by atoms with van der Waals surface area (Å²) in [6.07, 6.45) is 19.6. The lowest BCUT2D eigenvalue weighted by molar-refractivity contribution is -0.135. The fourth-order valence-electron chi connectivity index (χ4n) is 2.48. The zero-order chi connectivity index (χ0) is 18.9. The Kier molecular flexibility index (Phi) is 14.4. The topological polar surface area (TPSA) is 98.0 Å². The molecular weight excluding hydrogens is 320 g/mol. The van der Waals surface area contributed by atoms with Crippen LogP contribution in [0.15, 0.2) is 35.5 Å². The van der Waals surface area contributed by atoms with Gasteiger partial charge in [-0.1, -0.05) is 83.3 Å². The number of carboxylic acids is 1. The Morgan fingerprint density at radius 3 is 1.68 bits per heavy atom. The zero-order valence-corrected chi connectivity index (χ0v) is 15.4. The van der Waals surface area contributed by atoms with Crippen molar-refractivity contribution >= 4 is 5.97 Å². The lowest BCUT2D eigenvalue weighted by Crippen LogP contribution is -2.05. The highest BCUT2D eigenvalue weighted by Gasteiger charge is 2.14. The summed E-state index contributed by atoms with van der Waals surface area (Å²) in [4.78, 5) is 10.4. The zero-order valence-electron chi connectivity index (χ0n) is 15.4. The van der Waals surface area contributed by atoms with Crippen molar-refractivity contribution in [1.82, 2.24) is 0 Å². The van der Waals surface area contributed by atoms with E-state index < -0.39 is 23.2 Å². The second kappa shape index (κ2) is 15.6. The minimum Gasteiger partial charge on any atom is -0.504 e. The number of aliphatic carboxylic acids is 1. The predicted octanol–water partition coefficient (Wildman–Crippen LogP) is 6.10. The second-order valence-electron chi connectivity index (χ2n) is 6.31. The van der Waals surface area contributed by atoms with Crippen LogP contribution in [0.4, 0.5) is 0 Å². The number of rotatable bonds is 15. The molecule has 0 aromatic heterocycles. The van der Waals surface area contributed by atoms with Crippen molar-refractivity contribution in [3.05, 3.63) is 35.5 Å². The van der Waals surface area contributed by atoms with E-state index in [-0.39, 0.29) is 0 Å². The van der Waals surface area contributed by atoms with E-state index in [4.69, 9.17) is 10.2 Å². The second-order valence-corrected chi connectivity index (χ2v) is 6.31. The highest BCUT2D eigenvalue weighted by atomic mass is 16.4. The van der Waals surface area contributed by atoms with Crippen LogP contribution in [0.5, 0.6) is 0 Å². The molecule has 0 spiro atoms. The van der Waals surface area contributed by atoms with E-state index in [2.05, 4.69) is 6.92 Å². The van der Waals surface area contributed by atoms with Gasteiger partial charge in [-0.2, -0.15) is 0 Å². The SMILES string of the molecule is CCCCCCCCCCCCC/C=C/C=C(O)/C(O)=C(\O)C(=O)O. The number of allylic oxidation sites excluding steroid dienone is 3. The molecule has 0 bridgehead atoms. The molecule has 0 rings (SSSR count). The van der Waals surface area contributed by atoms with Crippen LogP contribution in [0.3, 0.4) is 0 Å². The maximum absolute atomic E-state index is 10.4. The van der Waals surface area contributed by atoms with Gasteiger partial charge in [-0.3, -0.25) is 0 Å². The molecule has 5 nitrogen and oxygen atoms in total. The molecule has 0 amide bonds. The van der Waals surface area contributed by atoms with Gasteiger partial charge in [0.2, 0.25) is 11.5 Å². The quantitative estimate of drug-likeness (QED) is 0.123. The summed E-state index contributed by atoms with van der Waals surface area (Å²) in [5.41, 5.74) is 0. The summed E-state index contributed by atoms with van der Waals surface area (Å²) in [5.74, 6) is -4.67. The molecule has 0 radical (unpaired) electrons. The van der Waals surface area contributed by atoms with Crippen molar-refractivity contribution in [1.29, 1.82) is 0 Å². The van der Waals surface area contributed by atoms with Crippen LogP contribution in [0, 0.1) is 0 Å². The Bertz CT molecular complexity index is 449. The molecule has 0 atom stereocenters. The Morgan fingerprint density at radius 2 is 1.20 bits per heavy atom. The fourth-order valence-corrected chi connectivity index (χ4v) is 2.48. The molecule has 0 heterocycles. The first-order chi connectivity index (χ1) is 12.0. The van der Waals surface area contributed by atoms with Gasteiger partial charge in [0.15, 0.2) is 5.76 Å². The Balaban J connectivity index is 3.66. The lowest BCUT2D eigenvalue weighted by atomic mass is 10.1. The maximum Gasteiger partial charge on any atom is 0.375 e. The molecule has 0 aromatic carbocycles. The Labute approximate surface area is 151 Å². The van der Waals surface area contributed by atoms with Crippen LogP contribution in [0.25, 0.3) is 0 Å². The monoisotopic (exact) mass is 354 g/mol. The van der Waals surface area contributed by atoms with Crippen molar-refractivity contribution in [3.8, 4) is 0 Å². The standard InChI is InChI=1S/C20H34O5/c1-2-3-4-5-6-7-8-9-10-11-12-13-14-15-16-17(21)18(22)19(23)20(24)25/h14-16,21-23H,2-13H2,1H3,(H,24,25)/b15-14+,17-16-,19-18+. The molecule has 0 saturated carbocycles. The Morgan fingerprint density at radius 1 is 0.720 bits per heavy atom. The molecule has 0 aliphatic heterocycles. The average molecular weight is 354 g/mol. The number of aliphatic hydroxyl groups excluding tert-OH is 3. The molecule has 4 N–H and O–H groups in total. The van der Waals surface area contributed by atoms with Gasteiger partial charge in [0.1, 0.15) is 0 Å². The predicted molar refractivity (Wildman–Crippen MR) is 101 cm³/mol. The third-order valence-electron chi connectivity index (χ3n) is 4.03. The number of hydrogen-bond acceptors (Lipinski definition) is 4.